The van der Waals surface area contributed by atoms with Gasteiger partial charge in [0, 0.05) is 24.1 Å². The summed E-state index contributed by atoms with van der Waals surface area (Å²) in [4.78, 5) is 33.1. The van der Waals surface area contributed by atoms with Crippen LogP contribution < -0.4 is 4.57 Å². The summed E-state index contributed by atoms with van der Waals surface area (Å²) in [6.07, 6.45) is 3.11. The Kier molecular flexibility index (Phi) is 4.62. The summed E-state index contributed by atoms with van der Waals surface area (Å²) < 4.78 is 20.6. The van der Waals surface area contributed by atoms with Crippen LogP contribution in [0.5, 0.6) is 0 Å². The maximum atomic E-state index is 13.2. The van der Waals surface area contributed by atoms with Crippen molar-refractivity contribution in [1.29, 1.82) is 0 Å². The van der Waals surface area contributed by atoms with E-state index in [1.165, 1.54) is 21.9 Å². The van der Waals surface area contributed by atoms with E-state index in [2.05, 4.69) is 4.99 Å². The molecule has 0 saturated carbocycles. The van der Waals surface area contributed by atoms with Crippen molar-refractivity contribution in [3.8, 4) is 11.3 Å². The molecule has 0 spiro atoms. The van der Waals surface area contributed by atoms with Gasteiger partial charge in [0.25, 0.3) is 17.8 Å². The number of fused-ring (bicyclic) bond motifs is 3. The van der Waals surface area contributed by atoms with Crippen molar-refractivity contribution >= 4 is 23.8 Å². The Hall–Kier alpha value is -3.81. The molecule has 3 amide bonds. The first kappa shape index (κ1) is 19.2. The van der Waals surface area contributed by atoms with Crippen LogP contribution >= 0.6 is 0 Å². The number of amidine groups is 1. The monoisotopic (exact) mass is 419 g/mol. The van der Waals surface area contributed by atoms with E-state index in [0.29, 0.717) is 30.1 Å². The van der Waals surface area contributed by atoms with Crippen LogP contribution in [-0.4, -0.2) is 41.2 Å². The Bertz CT molecular complexity index is 1190. The summed E-state index contributed by atoms with van der Waals surface area (Å²) in [6, 6.07) is 14.9. The highest BCUT2D eigenvalue weighted by molar-refractivity contribution is 6.18. The molecule has 7 nitrogen and oxygen atoms in total. The third kappa shape index (κ3) is 3.30. The maximum absolute atomic E-state index is 13.2. The molecule has 0 radical (unpaired) electrons. The Morgan fingerprint density at radius 2 is 1.84 bits per heavy atom. The largest absolute Gasteiger partial charge is 0.507 e. The van der Waals surface area contributed by atoms with Crippen LogP contribution in [0.3, 0.4) is 0 Å². The minimum Gasteiger partial charge on any atom is -0.384 e. The van der Waals surface area contributed by atoms with E-state index in [0.717, 1.165) is 12.0 Å². The van der Waals surface area contributed by atoms with Gasteiger partial charge in [-0.15, -0.1) is 0 Å². The number of carbonyl (C=O) groups excluding carboxylic acids is 2. The smallest absolute Gasteiger partial charge is 0.384 e. The van der Waals surface area contributed by atoms with Crippen LogP contribution in [0.1, 0.15) is 18.0 Å². The molecule has 3 aromatic rings. The van der Waals surface area contributed by atoms with Crippen molar-refractivity contribution in [2.45, 2.75) is 18.9 Å². The number of hydrogen-bond acceptors (Lipinski definition) is 4. The Morgan fingerprint density at radius 3 is 2.58 bits per heavy atom. The SMILES string of the molecule is CN1C(=O)N(CCCc2ccccc2)C(=O)C2C1=Nc1oc(-c3ccc(F)cc3)c[n+]12. The van der Waals surface area contributed by atoms with Gasteiger partial charge in [-0.05, 0) is 42.7 Å². The van der Waals surface area contributed by atoms with Crippen LogP contribution in [0.15, 0.2) is 70.2 Å². The van der Waals surface area contributed by atoms with Crippen LogP contribution in [-0.2, 0) is 11.2 Å². The summed E-state index contributed by atoms with van der Waals surface area (Å²) in [5, 5.41) is 0. The molecule has 0 bridgehead atoms. The molecule has 1 atom stereocenters. The number of aromatic nitrogens is 1. The molecule has 1 saturated heterocycles. The number of hydrogen-bond donors (Lipinski definition) is 0. The van der Waals surface area contributed by atoms with Gasteiger partial charge < -0.3 is 4.42 Å². The number of urea groups is 1. The predicted molar refractivity (Wildman–Crippen MR) is 110 cm³/mol. The number of aliphatic imine (C=N–C) groups is 1. The van der Waals surface area contributed by atoms with E-state index in [9.17, 15) is 14.0 Å². The van der Waals surface area contributed by atoms with Crippen molar-refractivity contribution in [2.75, 3.05) is 13.6 Å². The van der Waals surface area contributed by atoms with E-state index < -0.39 is 12.1 Å². The molecule has 8 heteroatoms. The number of imide groups is 1. The fourth-order valence-corrected chi connectivity index (χ4v) is 3.96. The van der Waals surface area contributed by atoms with Crippen molar-refractivity contribution in [3.63, 3.8) is 0 Å². The van der Waals surface area contributed by atoms with Crippen molar-refractivity contribution in [1.82, 2.24) is 9.80 Å². The average molecular weight is 419 g/mol. The van der Waals surface area contributed by atoms with Gasteiger partial charge in [0.2, 0.25) is 0 Å². The number of halogens is 1. The number of amides is 3. The van der Waals surface area contributed by atoms with Gasteiger partial charge in [-0.1, -0.05) is 30.3 Å². The second-order valence-corrected chi connectivity index (χ2v) is 7.59. The van der Waals surface area contributed by atoms with E-state index >= 15 is 0 Å². The zero-order chi connectivity index (χ0) is 21.5. The summed E-state index contributed by atoms with van der Waals surface area (Å²) in [5.41, 5.74) is 1.83. The standard InChI is InChI=1S/C23H20FN4O3/c1-26-20-19(21(29)27(23(26)30)13-5-8-15-6-3-2-4-7-15)28-14-18(31-22(28)25-20)16-9-11-17(24)12-10-16/h2-4,6-7,9-12,14,19H,5,8,13H2,1H3/q+1. The first-order chi connectivity index (χ1) is 15.0. The molecule has 2 aliphatic heterocycles. The van der Waals surface area contributed by atoms with Crippen LogP contribution in [0, 0.1) is 5.82 Å². The number of aryl methyl sites for hydroxylation is 1. The molecule has 0 N–H and O–H groups in total. The van der Waals surface area contributed by atoms with Crippen molar-refractivity contribution < 1.29 is 23.0 Å². The number of rotatable bonds is 5. The molecule has 0 aliphatic carbocycles. The Balaban J connectivity index is 1.38. The molecule has 2 aliphatic rings. The summed E-state index contributed by atoms with van der Waals surface area (Å²) in [7, 11) is 1.61. The van der Waals surface area contributed by atoms with Gasteiger partial charge in [-0.3, -0.25) is 14.6 Å². The van der Waals surface area contributed by atoms with Crippen LogP contribution in [0.4, 0.5) is 15.2 Å². The average Bonchev–Trinajstić information content (AvgIpc) is 3.34. The highest BCUT2D eigenvalue weighted by atomic mass is 19.1. The van der Waals surface area contributed by atoms with Crippen LogP contribution in [0.25, 0.3) is 11.3 Å². The van der Waals surface area contributed by atoms with Gasteiger partial charge in [0.05, 0.1) is 0 Å². The molecule has 5 rings (SSSR count). The molecule has 1 fully saturated rings. The normalized spacial score (nSPS) is 17.6. The molecule has 156 valence electrons. The summed E-state index contributed by atoms with van der Waals surface area (Å²) >= 11 is 0. The van der Waals surface area contributed by atoms with E-state index in [1.54, 1.807) is 29.9 Å². The number of benzene rings is 2. The summed E-state index contributed by atoms with van der Waals surface area (Å²) in [6.45, 7) is 0.319. The lowest BCUT2D eigenvalue weighted by Gasteiger charge is -2.32. The third-order valence-corrected chi connectivity index (χ3v) is 5.59. The van der Waals surface area contributed by atoms with E-state index in [1.807, 2.05) is 30.3 Å². The predicted octanol–water partition coefficient (Wildman–Crippen LogP) is 3.48. The highest BCUT2D eigenvalue weighted by Gasteiger charge is 2.55. The Labute approximate surface area is 178 Å². The summed E-state index contributed by atoms with van der Waals surface area (Å²) in [5.74, 6) is 0.147. The molecule has 2 aromatic carbocycles. The quantitative estimate of drug-likeness (QED) is 0.595. The van der Waals surface area contributed by atoms with Gasteiger partial charge in [0.1, 0.15) is 12.0 Å². The van der Waals surface area contributed by atoms with Gasteiger partial charge >= 0.3 is 12.0 Å². The molecular formula is C23H20FN4O3+. The zero-order valence-corrected chi connectivity index (χ0v) is 16.9. The number of likely N-dealkylation sites (N-methyl/N-ethyl adjacent to an activating group) is 1. The lowest BCUT2D eigenvalue weighted by molar-refractivity contribution is -0.679. The first-order valence-electron chi connectivity index (χ1n) is 10.1. The topological polar surface area (TPSA) is 70.0 Å². The Morgan fingerprint density at radius 1 is 1.10 bits per heavy atom. The zero-order valence-electron chi connectivity index (χ0n) is 16.9. The lowest BCUT2D eigenvalue weighted by atomic mass is 10.1. The molecular weight excluding hydrogens is 399 g/mol. The molecule has 3 heterocycles. The van der Waals surface area contributed by atoms with Gasteiger partial charge in [-0.2, -0.15) is 4.57 Å². The van der Waals surface area contributed by atoms with Gasteiger partial charge in [0.15, 0.2) is 5.76 Å². The van der Waals surface area contributed by atoms with Gasteiger partial charge in [-0.25, -0.2) is 9.18 Å². The van der Waals surface area contributed by atoms with Crippen molar-refractivity contribution in [3.05, 3.63) is 72.2 Å². The van der Waals surface area contributed by atoms with E-state index in [-0.39, 0.29) is 17.7 Å². The first-order valence-corrected chi connectivity index (χ1v) is 10.1. The maximum Gasteiger partial charge on any atom is 0.507 e. The van der Waals surface area contributed by atoms with Crippen LogP contribution in [0.2, 0.25) is 0 Å². The minimum atomic E-state index is -0.757. The van der Waals surface area contributed by atoms with Crippen molar-refractivity contribution in [2.24, 2.45) is 4.99 Å². The number of nitrogens with zero attached hydrogens (tertiary/aromatic N) is 4. The molecule has 1 unspecified atom stereocenters. The number of oxazole rings is 1. The second-order valence-electron chi connectivity index (χ2n) is 7.59. The van der Waals surface area contributed by atoms with E-state index in [4.69, 9.17) is 4.42 Å². The fourth-order valence-electron chi connectivity index (χ4n) is 3.96. The molecule has 31 heavy (non-hydrogen) atoms. The highest BCUT2D eigenvalue weighted by Crippen LogP contribution is 2.32. The lowest BCUT2D eigenvalue weighted by Crippen LogP contribution is -2.62. The third-order valence-electron chi connectivity index (χ3n) is 5.59. The fraction of sp³-hybridized carbons (Fsp3) is 0.217. The molecule has 1 aromatic heterocycles. The minimum absolute atomic E-state index is 0.235. The second kappa shape index (κ2) is 7.46. The number of carbonyl (C=O) groups is 2.